The van der Waals surface area contributed by atoms with Gasteiger partial charge in [-0.05, 0) is 6.92 Å². The van der Waals surface area contributed by atoms with Gasteiger partial charge in [0.05, 0.1) is 6.42 Å². The van der Waals surface area contributed by atoms with E-state index in [4.69, 9.17) is 23.2 Å². The lowest BCUT2D eigenvalue weighted by Gasteiger charge is -2.07. The van der Waals surface area contributed by atoms with Crippen LogP contribution in [0.3, 0.4) is 0 Å². The first-order chi connectivity index (χ1) is 4.18. The van der Waals surface area contributed by atoms with Gasteiger partial charge in [0, 0.05) is 0 Å². The lowest BCUT2D eigenvalue weighted by atomic mass is 10.4. The standard InChI is InChI=1S/C5H6Cl2N2/c1-3-8-4(6)2-5(7)9-3/h3H,2H2,1H3. The van der Waals surface area contributed by atoms with Gasteiger partial charge >= 0.3 is 0 Å². The Hall–Kier alpha value is -0.0800. The zero-order valence-corrected chi connectivity index (χ0v) is 6.45. The molecule has 50 valence electrons. The van der Waals surface area contributed by atoms with Crippen molar-refractivity contribution in [3.63, 3.8) is 0 Å². The molecule has 9 heavy (non-hydrogen) atoms. The van der Waals surface area contributed by atoms with E-state index in [1.165, 1.54) is 0 Å². The largest absolute Gasteiger partial charge is 0.251 e. The number of hydrogen-bond donors (Lipinski definition) is 0. The third kappa shape index (κ3) is 1.95. The van der Waals surface area contributed by atoms with E-state index in [9.17, 15) is 0 Å². The van der Waals surface area contributed by atoms with Crippen LogP contribution in [0.2, 0.25) is 0 Å². The van der Waals surface area contributed by atoms with E-state index in [1.807, 2.05) is 6.92 Å². The van der Waals surface area contributed by atoms with E-state index in [1.54, 1.807) is 0 Å². The average Bonchev–Trinajstić information content (AvgIpc) is 1.59. The molecule has 1 heterocycles. The van der Waals surface area contributed by atoms with Gasteiger partial charge in [-0.25, -0.2) is 0 Å². The van der Waals surface area contributed by atoms with Crippen LogP contribution in [-0.2, 0) is 0 Å². The maximum absolute atomic E-state index is 5.59. The summed E-state index contributed by atoms with van der Waals surface area (Å²) in [5.41, 5.74) is 0. The minimum atomic E-state index is -0.0984. The molecule has 1 aliphatic rings. The number of hydrogen-bond acceptors (Lipinski definition) is 2. The highest BCUT2D eigenvalue weighted by Gasteiger charge is 2.09. The van der Waals surface area contributed by atoms with E-state index >= 15 is 0 Å². The number of aliphatic imine (C=N–C) groups is 2. The van der Waals surface area contributed by atoms with Crippen molar-refractivity contribution < 1.29 is 0 Å². The Kier molecular flexibility index (Phi) is 2.09. The molecule has 0 aromatic heterocycles. The molecular formula is C5H6Cl2N2. The zero-order valence-electron chi connectivity index (χ0n) is 4.93. The summed E-state index contributed by atoms with van der Waals surface area (Å²) in [6.45, 7) is 1.84. The number of rotatable bonds is 0. The summed E-state index contributed by atoms with van der Waals surface area (Å²) in [6, 6.07) is 0. The van der Waals surface area contributed by atoms with Crippen LogP contribution in [0.1, 0.15) is 13.3 Å². The molecule has 0 N–H and O–H groups in total. The van der Waals surface area contributed by atoms with Crippen LogP contribution >= 0.6 is 23.2 Å². The molecule has 0 aromatic rings. The maximum atomic E-state index is 5.59. The molecule has 0 spiro atoms. The Morgan fingerprint density at radius 2 is 1.78 bits per heavy atom. The van der Waals surface area contributed by atoms with E-state index in [2.05, 4.69) is 9.98 Å². The van der Waals surface area contributed by atoms with Crippen molar-refractivity contribution in [2.45, 2.75) is 19.5 Å². The average molecular weight is 165 g/mol. The molecule has 0 saturated heterocycles. The normalized spacial score (nSPS) is 21.2. The topological polar surface area (TPSA) is 24.7 Å². The first kappa shape index (κ1) is 7.03. The van der Waals surface area contributed by atoms with Crippen molar-refractivity contribution in [1.82, 2.24) is 0 Å². The Balaban J connectivity index is 2.69. The Morgan fingerprint density at radius 3 is 2.11 bits per heavy atom. The first-order valence-electron chi connectivity index (χ1n) is 2.63. The number of nitrogens with zero attached hydrogens (tertiary/aromatic N) is 2. The summed E-state index contributed by atoms with van der Waals surface area (Å²) in [5.74, 6) is 0. The molecule has 0 fully saturated rings. The van der Waals surface area contributed by atoms with Crippen LogP contribution in [-0.4, -0.2) is 16.5 Å². The van der Waals surface area contributed by atoms with Crippen LogP contribution < -0.4 is 0 Å². The highest BCUT2D eigenvalue weighted by Crippen LogP contribution is 2.10. The molecule has 0 unspecified atom stereocenters. The smallest absolute Gasteiger partial charge is 0.139 e. The van der Waals surface area contributed by atoms with Crippen molar-refractivity contribution in [1.29, 1.82) is 0 Å². The lowest BCUT2D eigenvalue weighted by molar-refractivity contribution is 0.787. The minimum absolute atomic E-state index is 0.0984. The molecule has 0 radical (unpaired) electrons. The van der Waals surface area contributed by atoms with Crippen LogP contribution in [0.4, 0.5) is 0 Å². The second kappa shape index (κ2) is 2.67. The van der Waals surface area contributed by atoms with Gasteiger partial charge in [-0.15, -0.1) is 0 Å². The SMILES string of the molecule is CC1N=C(Cl)CC(Cl)=N1. The van der Waals surface area contributed by atoms with Gasteiger partial charge in [0.25, 0.3) is 0 Å². The highest BCUT2D eigenvalue weighted by molar-refractivity contribution is 6.74. The fourth-order valence-corrected chi connectivity index (χ4v) is 1.25. The fourth-order valence-electron chi connectivity index (χ4n) is 0.646. The Morgan fingerprint density at radius 1 is 1.33 bits per heavy atom. The molecule has 1 rings (SSSR count). The van der Waals surface area contributed by atoms with Gasteiger partial charge in [0.1, 0.15) is 16.5 Å². The van der Waals surface area contributed by atoms with Crippen molar-refractivity contribution in [2.24, 2.45) is 9.98 Å². The van der Waals surface area contributed by atoms with Gasteiger partial charge in [-0.1, -0.05) is 23.2 Å². The molecule has 0 atom stereocenters. The Bertz CT molecular complexity index is 156. The molecule has 1 aliphatic heterocycles. The second-order valence-corrected chi connectivity index (χ2v) is 2.69. The predicted molar refractivity (Wildman–Crippen MR) is 40.7 cm³/mol. The van der Waals surface area contributed by atoms with Gasteiger partial charge in [0.15, 0.2) is 0 Å². The van der Waals surface area contributed by atoms with Crippen LogP contribution in [0.25, 0.3) is 0 Å². The van der Waals surface area contributed by atoms with Crippen molar-refractivity contribution >= 4 is 33.5 Å². The number of halogens is 2. The van der Waals surface area contributed by atoms with E-state index in [-0.39, 0.29) is 6.17 Å². The van der Waals surface area contributed by atoms with Gasteiger partial charge < -0.3 is 0 Å². The maximum Gasteiger partial charge on any atom is 0.139 e. The monoisotopic (exact) mass is 164 g/mol. The van der Waals surface area contributed by atoms with Crippen LogP contribution in [0.5, 0.6) is 0 Å². The lowest BCUT2D eigenvalue weighted by Crippen LogP contribution is -2.09. The molecule has 2 nitrogen and oxygen atoms in total. The molecule has 0 aromatic carbocycles. The summed E-state index contributed by atoms with van der Waals surface area (Å²) in [6.07, 6.45) is 0.395. The molecule has 0 amide bonds. The summed E-state index contributed by atoms with van der Waals surface area (Å²) in [4.78, 5) is 7.89. The molecule has 0 saturated carbocycles. The minimum Gasteiger partial charge on any atom is -0.251 e. The van der Waals surface area contributed by atoms with Gasteiger partial charge in [-0.2, -0.15) is 0 Å². The van der Waals surface area contributed by atoms with Crippen molar-refractivity contribution in [3.8, 4) is 0 Å². The molecule has 0 bridgehead atoms. The highest BCUT2D eigenvalue weighted by atomic mass is 35.5. The van der Waals surface area contributed by atoms with Crippen molar-refractivity contribution in [2.75, 3.05) is 0 Å². The van der Waals surface area contributed by atoms with Crippen molar-refractivity contribution in [3.05, 3.63) is 0 Å². The summed E-state index contributed by atoms with van der Waals surface area (Å²) >= 11 is 11.2. The summed E-state index contributed by atoms with van der Waals surface area (Å²) in [5, 5.41) is 1.09. The van der Waals surface area contributed by atoms with E-state index in [0.29, 0.717) is 16.8 Å². The second-order valence-electron chi connectivity index (χ2n) is 1.82. The first-order valence-corrected chi connectivity index (χ1v) is 3.38. The molecule has 0 aliphatic carbocycles. The third-order valence-corrected chi connectivity index (χ3v) is 1.41. The molecular weight excluding hydrogens is 159 g/mol. The van der Waals surface area contributed by atoms with Crippen LogP contribution in [0, 0.1) is 0 Å². The Labute approximate surface area is 63.6 Å². The summed E-state index contributed by atoms with van der Waals surface area (Å²) in [7, 11) is 0. The third-order valence-electron chi connectivity index (χ3n) is 0.946. The van der Waals surface area contributed by atoms with Gasteiger partial charge in [-0.3, -0.25) is 9.98 Å². The molecule has 4 heteroatoms. The fraction of sp³-hybridized carbons (Fsp3) is 0.600. The zero-order chi connectivity index (χ0) is 6.85. The van der Waals surface area contributed by atoms with Crippen LogP contribution in [0.15, 0.2) is 9.98 Å². The quantitative estimate of drug-likeness (QED) is 0.524. The van der Waals surface area contributed by atoms with E-state index < -0.39 is 0 Å². The van der Waals surface area contributed by atoms with E-state index in [0.717, 1.165) is 0 Å². The summed E-state index contributed by atoms with van der Waals surface area (Å²) < 4.78 is 0. The van der Waals surface area contributed by atoms with Gasteiger partial charge in [0.2, 0.25) is 0 Å². The predicted octanol–water partition coefficient (Wildman–Crippen LogP) is 2.01.